The molecule has 0 saturated heterocycles. The van der Waals surface area contributed by atoms with Crippen LogP contribution in [0.5, 0.6) is 0 Å². The lowest BCUT2D eigenvalue weighted by Gasteiger charge is -2.09. The zero-order chi connectivity index (χ0) is 15.7. The zero-order valence-corrected chi connectivity index (χ0v) is 13.2. The summed E-state index contributed by atoms with van der Waals surface area (Å²) in [6, 6.07) is 6.75. The van der Waals surface area contributed by atoms with Gasteiger partial charge in [-0.25, -0.2) is 0 Å². The van der Waals surface area contributed by atoms with Gasteiger partial charge >= 0.3 is 0 Å². The fourth-order valence-electron chi connectivity index (χ4n) is 2.67. The lowest BCUT2D eigenvalue weighted by molar-refractivity contribution is 0.0951. The topological polar surface area (TPSA) is 62.0 Å². The van der Waals surface area contributed by atoms with Crippen LogP contribution in [0.15, 0.2) is 29.1 Å². The third-order valence-electron chi connectivity index (χ3n) is 3.79. The van der Waals surface area contributed by atoms with Gasteiger partial charge < -0.3 is 10.3 Å². The van der Waals surface area contributed by atoms with Gasteiger partial charge in [0.25, 0.3) is 11.5 Å². The minimum atomic E-state index is -0.393. The summed E-state index contributed by atoms with van der Waals surface area (Å²) in [5, 5.41) is 3.27. The van der Waals surface area contributed by atoms with Crippen LogP contribution in [0.3, 0.4) is 0 Å². The summed E-state index contributed by atoms with van der Waals surface area (Å²) in [5.74, 6) is -0.393. The number of rotatable bonds is 3. The first-order valence-corrected chi connectivity index (χ1v) is 7.78. The molecule has 6 heteroatoms. The van der Waals surface area contributed by atoms with Crippen molar-refractivity contribution in [1.82, 2.24) is 10.3 Å². The Bertz CT molecular complexity index is 779. The number of hydrogen-bond donors (Lipinski definition) is 2. The minimum Gasteiger partial charge on any atom is -0.348 e. The van der Waals surface area contributed by atoms with Gasteiger partial charge in [-0.1, -0.05) is 29.3 Å². The molecule has 0 saturated carbocycles. The number of benzene rings is 1. The van der Waals surface area contributed by atoms with Crippen LogP contribution in [0, 0.1) is 0 Å². The van der Waals surface area contributed by atoms with Gasteiger partial charge in [0.2, 0.25) is 0 Å². The highest BCUT2D eigenvalue weighted by Gasteiger charge is 2.17. The Balaban J connectivity index is 1.78. The Kier molecular flexibility index (Phi) is 4.23. The molecule has 0 bridgehead atoms. The lowest BCUT2D eigenvalue weighted by Crippen LogP contribution is -2.27. The molecule has 1 aliphatic carbocycles. The molecule has 0 spiro atoms. The molecule has 1 heterocycles. The standard InChI is InChI=1S/C16H14Cl2N2O2/c17-11-4-2-5-12(18)14(11)16(22)19-8-10-7-9-3-1-6-13(9)20-15(10)21/h2,4-5,7H,1,3,6,8H2,(H,19,22)(H,20,21). The van der Waals surface area contributed by atoms with Gasteiger partial charge in [0.15, 0.2) is 0 Å². The van der Waals surface area contributed by atoms with Gasteiger partial charge in [0.1, 0.15) is 0 Å². The number of H-pyrrole nitrogens is 1. The molecule has 4 nitrogen and oxygen atoms in total. The summed E-state index contributed by atoms with van der Waals surface area (Å²) in [6.07, 6.45) is 2.92. The monoisotopic (exact) mass is 336 g/mol. The molecule has 2 aromatic rings. The van der Waals surface area contributed by atoms with E-state index in [0.29, 0.717) is 5.56 Å². The molecule has 0 atom stereocenters. The quantitative estimate of drug-likeness (QED) is 0.904. The fraction of sp³-hybridized carbons (Fsp3) is 0.250. The number of amides is 1. The molecule has 1 aromatic carbocycles. The number of hydrogen-bond acceptors (Lipinski definition) is 2. The second-order valence-electron chi connectivity index (χ2n) is 5.26. The van der Waals surface area contributed by atoms with E-state index >= 15 is 0 Å². The Morgan fingerprint density at radius 1 is 1.23 bits per heavy atom. The van der Waals surface area contributed by atoms with E-state index < -0.39 is 5.91 Å². The van der Waals surface area contributed by atoms with Crippen molar-refractivity contribution < 1.29 is 4.79 Å². The maximum absolute atomic E-state index is 12.2. The van der Waals surface area contributed by atoms with Crippen molar-refractivity contribution in [3.8, 4) is 0 Å². The Labute approximate surface area is 137 Å². The molecule has 0 radical (unpaired) electrons. The molecule has 1 aliphatic rings. The van der Waals surface area contributed by atoms with E-state index in [1.165, 1.54) is 0 Å². The zero-order valence-electron chi connectivity index (χ0n) is 11.7. The summed E-state index contributed by atoms with van der Waals surface area (Å²) < 4.78 is 0. The van der Waals surface area contributed by atoms with Crippen LogP contribution in [0.25, 0.3) is 0 Å². The first-order chi connectivity index (χ1) is 10.6. The molecule has 1 amide bonds. The lowest BCUT2D eigenvalue weighted by atomic mass is 10.1. The molecule has 0 fully saturated rings. The predicted molar refractivity (Wildman–Crippen MR) is 86.7 cm³/mol. The average molecular weight is 337 g/mol. The van der Waals surface area contributed by atoms with Crippen molar-refractivity contribution in [3.05, 3.63) is 67.0 Å². The van der Waals surface area contributed by atoms with Gasteiger partial charge in [-0.2, -0.15) is 0 Å². The normalized spacial score (nSPS) is 13.0. The average Bonchev–Trinajstić information content (AvgIpc) is 2.91. The largest absolute Gasteiger partial charge is 0.348 e. The van der Waals surface area contributed by atoms with Crippen molar-refractivity contribution in [1.29, 1.82) is 0 Å². The first kappa shape index (κ1) is 15.1. The number of pyridine rings is 1. The molecular formula is C16H14Cl2N2O2. The van der Waals surface area contributed by atoms with Gasteiger partial charge in [-0.3, -0.25) is 9.59 Å². The smallest absolute Gasteiger partial charge is 0.254 e. The van der Waals surface area contributed by atoms with E-state index in [1.54, 1.807) is 18.2 Å². The van der Waals surface area contributed by atoms with Crippen LogP contribution in [-0.2, 0) is 19.4 Å². The highest BCUT2D eigenvalue weighted by Crippen LogP contribution is 2.24. The SMILES string of the molecule is O=C(NCc1cc2c([nH]c1=O)CCC2)c1c(Cl)cccc1Cl. The van der Waals surface area contributed by atoms with Crippen molar-refractivity contribution in [2.24, 2.45) is 0 Å². The molecule has 1 aromatic heterocycles. The molecule has 3 rings (SSSR count). The minimum absolute atomic E-state index is 0.142. The maximum atomic E-state index is 12.2. The highest BCUT2D eigenvalue weighted by atomic mass is 35.5. The molecule has 22 heavy (non-hydrogen) atoms. The van der Waals surface area contributed by atoms with Gasteiger partial charge in [-0.05, 0) is 43.0 Å². The van der Waals surface area contributed by atoms with E-state index in [1.807, 2.05) is 6.07 Å². The summed E-state index contributed by atoms with van der Waals surface area (Å²) in [6.45, 7) is 0.142. The van der Waals surface area contributed by atoms with Gasteiger partial charge in [-0.15, -0.1) is 0 Å². The van der Waals surface area contributed by atoms with Crippen LogP contribution in [0.4, 0.5) is 0 Å². The summed E-state index contributed by atoms with van der Waals surface area (Å²) in [7, 11) is 0. The number of aromatic amines is 1. The fourth-order valence-corrected chi connectivity index (χ4v) is 3.24. The number of aryl methyl sites for hydroxylation is 2. The number of nitrogens with one attached hydrogen (secondary N) is 2. The number of aromatic nitrogens is 1. The summed E-state index contributed by atoms with van der Waals surface area (Å²) in [5.41, 5.74) is 2.76. The van der Waals surface area contributed by atoms with E-state index in [-0.39, 0.29) is 27.7 Å². The number of fused-ring (bicyclic) bond motifs is 1. The number of carbonyl (C=O) groups is 1. The van der Waals surface area contributed by atoms with Crippen molar-refractivity contribution in [2.45, 2.75) is 25.8 Å². The second kappa shape index (κ2) is 6.15. The third-order valence-corrected chi connectivity index (χ3v) is 4.42. The van der Waals surface area contributed by atoms with E-state index in [4.69, 9.17) is 23.2 Å². The van der Waals surface area contributed by atoms with Gasteiger partial charge in [0, 0.05) is 17.8 Å². The molecular weight excluding hydrogens is 323 g/mol. The Hall–Kier alpha value is -1.78. The molecule has 0 unspecified atom stereocenters. The Morgan fingerprint density at radius 2 is 1.95 bits per heavy atom. The number of halogens is 2. The molecule has 114 valence electrons. The summed E-state index contributed by atoms with van der Waals surface area (Å²) >= 11 is 12.0. The van der Waals surface area contributed by atoms with Crippen molar-refractivity contribution in [2.75, 3.05) is 0 Å². The molecule has 2 N–H and O–H groups in total. The number of carbonyl (C=O) groups excluding carboxylic acids is 1. The van der Waals surface area contributed by atoms with Crippen LogP contribution in [-0.4, -0.2) is 10.9 Å². The van der Waals surface area contributed by atoms with E-state index in [0.717, 1.165) is 30.5 Å². The predicted octanol–water partition coefficient (Wildman–Crippen LogP) is 3.10. The first-order valence-electron chi connectivity index (χ1n) is 7.02. The van der Waals surface area contributed by atoms with Crippen LogP contribution >= 0.6 is 23.2 Å². The third kappa shape index (κ3) is 2.89. The molecule has 0 aliphatic heterocycles. The van der Waals surface area contributed by atoms with Crippen molar-refractivity contribution in [3.63, 3.8) is 0 Å². The second-order valence-corrected chi connectivity index (χ2v) is 6.07. The summed E-state index contributed by atoms with van der Waals surface area (Å²) in [4.78, 5) is 27.1. The highest BCUT2D eigenvalue weighted by molar-refractivity contribution is 6.39. The van der Waals surface area contributed by atoms with Gasteiger partial charge in [0.05, 0.1) is 15.6 Å². The van der Waals surface area contributed by atoms with Crippen LogP contribution in [0.2, 0.25) is 10.0 Å². The van der Waals surface area contributed by atoms with E-state index in [9.17, 15) is 9.59 Å². The van der Waals surface area contributed by atoms with E-state index in [2.05, 4.69) is 10.3 Å². The Morgan fingerprint density at radius 3 is 2.68 bits per heavy atom. The van der Waals surface area contributed by atoms with Crippen molar-refractivity contribution >= 4 is 29.1 Å². The van der Waals surface area contributed by atoms with Crippen LogP contribution < -0.4 is 10.9 Å². The van der Waals surface area contributed by atoms with Crippen LogP contribution in [0.1, 0.15) is 33.6 Å². The maximum Gasteiger partial charge on any atom is 0.254 e.